The summed E-state index contributed by atoms with van der Waals surface area (Å²) in [5.41, 5.74) is 1.37. The summed E-state index contributed by atoms with van der Waals surface area (Å²) < 4.78 is 0. The first-order valence-electron chi connectivity index (χ1n) is 6.55. The maximum Gasteiger partial charge on any atom is 0.335 e. The standard InChI is InChI=1S/C14H18N2O4/c1-9-8-10(2-5-12(9)13(18)19)15-14(20)16(6-7-17)11-3-4-11/h2,5,8,11,17H,3-4,6-7H2,1H3,(H,15,20)(H,18,19). The van der Waals surface area contributed by atoms with Gasteiger partial charge in [0.25, 0.3) is 0 Å². The smallest absolute Gasteiger partial charge is 0.335 e. The normalized spacial score (nSPS) is 13.9. The minimum Gasteiger partial charge on any atom is -0.478 e. The molecule has 6 heteroatoms. The summed E-state index contributed by atoms with van der Waals surface area (Å²) in [4.78, 5) is 24.6. The SMILES string of the molecule is Cc1cc(NC(=O)N(CCO)C2CC2)ccc1C(=O)O. The molecule has 2 amide bonds. The van der Waals surface area contributed by atoms with Crippen LogP contribution in [0.3, 0.4) is 0 Å². The van der Waals surface area contributed by atoms with Crippen molar-refractivity contribution in [2.45, 2.75) is 25.8 Å². The first-order valence-corrected chi connectivity index (χ1v) is 6.55. The first-order chi connectivity index (χ1) is 9.52. The maximum atomic E-state index is 12.1. The second-order valence-electron chi connectivity index (χ2n) is 4.91. The molecule has 1 aliphatic rings. The highest BCUT2D eigenvalue weighted by molar-refractivity contribution is 5.93. The van der Waals surface area contributed by atoms with Gasteiger partial charge in [0.05, 0.1) is 12.2 Å². The number of aryl methyl sites for hydroxylation is 1. The number of hydrogen-bond acceptors (Lipinski definition) is 3. The number of carboxylic acids is 1. The van der Waals surface area contributed by atoms with Gasteiger partial charge in [-0.15, -0.1) is 0 Å². The Labute approximate surface area is 117 Å². The zero-order valence-electron chi connectivity index (χ0n) is 11.3. The Morgan fingerprint density at radius 3 is 2.60 bits per heavy atom. The van der Waals surface area contributed by atoms with Crippen LogP contribution >= 0.6 is 0 Å². The number of nitrogens with zero attached hydrogens (tertiary/aromatic N) is 1. The number of carboxylic acid groups (broad SMARTS) is 1. The third-order valence-corrected chi connectivity index (χ3v) is 3.30. The maximum absolute atomic E-state index is 12.1. The summed E-state index contributed by atoms with van der Waals surface area (Å²) in [6.07, 6.45) is 1.93. The molecule has 0 bridgehead atoms. The average molecular weight is 278 g/mol. The number of aliphatic hydroxyl groups is 1. The Morgan fingerprint density at radius 2 is 2.10 bits per heavy atom. The summed E-state index contributed by atoms with van der Waals surface area (Å²) in [5.74, 6) is -0.986. The van der Waals surface area contributed by atoms with E-state index < -0.39 is 5.97 Å². The molecule has 0 spiro atoms. The third kappa shape index (κ3) is 3.27. The lowest BCUT2D eigenvalue weighted by Gasteiger charge is -2.22. The molecule has 108 valence electrons. The molecule has 1 aliphatic carbocycles. The molecule has 20 heavy (non-hydrogen) atoms. The van der Waals surface area contributed by atoms with Crippen LogP contribution in [-0.4, -0.2) is 46.3 Å². The van der Waals surface area contributed by atoms with Crippen molar-refractivity contribution < 1.29 is 19.8 Å². The van der Waals surface area contributed by atoms with Crippen molar-refractivity contribution >= 4 is 17.7 Å². The molecule has 1 aromatic carbocycles. The number of nitrogens with one attached hydrogen (secondary N) is 1. The van der Waals surface area contributed by atoms with E-state index in [1.54, 1.807) is 24.0 Å². The number of aliphatic hydroxyl groups excluding tert-OH is 1. The van der Waals surface area contributed by atoms with Crippen molar-refractivity contribution in [2.24, 2.45) is 0 Å². The number of anilines is 1. The van der Waals surface area contributed by atoms with Gasteiger partial charge in [0.2, 0.25) is 0 Å². The zero-order chi connectivity index (χ0) is 14.7. The van der Waals surface area contributed by atoms with Crippen molar-refractivity contribution in [2.75, 3.05) is 18.5 Å². The van der Waals surface area contributed by atoms with Crippen LogP contribution in [0.5, 0.6) is 0 Å². The first kappa shape index (κ1) is 14.3. The summed E-state index contributed by atoms with van der Waals surface area (Å²) in [5, 5.41) is 20.7. The third-order valence-electron chi connectivity index (χ3n) is 3.30. The zero-order valence-corrected chi connectivity index (χ0v) is 11.3. The molecule has 6 nitrogen and oxygen atoms in total. The molecule has 0 heterocycles. The van der Waals surface area contributed by atoms with Crippen molar-refractivity contribution in [1.82, 2.24) is 4.90 Å². The van der Waals surface area contributed by atoms with Crippen molar-refractivity contribution in [3.8, 4) is 0 Å². The highest BCUT2D eigenvalue weighted by atomic mass is 16.4. The highest BCUT2D eigenvalue weighted by Crippen LogP contribution is 2.27. The van der Waals surface area contributed by atoms with E-state index in [0.717, 1.165) is 12.8 Å². The van der Waals surface area contributed by atoms with Crippen molar-refractivity contribution in [1.29, 1.82) is 0 Å². The molecule has 0 aromatic heterocycles. The number of rotatable bonds is 5. The number of benzene rings is 1. The monoisotopic (exact) mass is 278 g/mol. The molecule has 0 radical (unpaired) electrons. The van der Waals surface area contributed by atoms with Crippen LogP contribution in [0.1, 0.15) is 28.8 Å². The largest absolute Gasteiger partial charge is 0.478 e. The van der Waals surface area contributed by atoms with Gasteiger partial charge in [0.15, 0.2) is 0 Å². The molecule has 0 unspecified atom stereocenters. The van der Waals surface area contributed by atoms with E-state index in [2.05, 4.69) is 5.32 Å². The fourth-order valence-corrected chi connectivity index (χ4v) is 2.12. The van der Waals surface area contributed by atoms with E-state index in [4.69, 9.17) is 10.2 Å². The molecular formula is C14H18N2O4. The van der Waals surface area contributed by atoms with Gasteiger partial charge in [-0.2, -0.15) is 0 Å². The van der Waals surface area contributed by atoms with Gasteiger partial charge >= 0.3 is 12.0 Å². The van der Waals surface area contributed by atoms with E-state index in [1.807, 2.05) is 0 Å². The molecule has 0 aliphatic heterocycles. The van der Waals surface area contributed by atoms with Gasteiger partial charge in [0, 0.05) is 18.3 Å². The summed E-state index contributed by atoms with van der Waals surface area (Å²) in [6.45, 7) is 1.93. The molecule has 0 saturated heterocycles. The molecule has 3 N–H and O–H groups in total. The highest BCUT2D eigenvalue weighted by Gasteiger charge is 2.32. The van der Waals surface area contributed by atoms with Gasteiger partial charge in [-0.3, -0.25) is 0 Å². The average Bonchev–Trinajstić information content (AvgIpc) is 3.19. The van der Waals surface area contributed by atoms with E-state index in [-0.39, 0.29) is 24.2 Å². The fourth-order valence-electron chi connectivity index (χ4n) is 2.12. The van der Waals surface area contributed by atoms with Crippen LogP contribution in [0.15, 0.2) is 18.2 Å². The lowest BCUT2D eigenvalue weighted by Crippen LogP contribution is -2.38. The minimum atomic E-state index is -0.986. The van der Waals surface area contributed by atoms with Gasteiger partial charge in [0.1, 0.15) is 0 Å². The Kier molecular flexibility index (Phi) is 4.24. The molecule has 2 rings (SSSR count). The van der Waals surface area contributed by atoms with E-state index in [1.165, 1.54) is 6.07 Å². The van der Waals surface area contributed by atoms with E-state index in [0.29, 0.717) is 17.8 Å². The number of aromatic carboxylic acids is 1. The second kappa shape index (κ2) is 5.92. The van der Waals surface area contributed by atoms with Gasteiger partial charge in [-0.1, -0.05) is 0 Å². The van der Waals surface area contributed by atoms with Gasteiger partial charge in [-0.05, 0) is 43.5 Å². The molecule has 0 atom stereocenters. The topological polar surface area (TPSA) is 89.9 Å². The number of hydrogen-bond donors (Lipinski definition) is 3. The molecule has 1 fully saturated rings. The van der Waals surface area contributed by atoms with Gasteiger partial charge < -0.3 is 20.4 Å². The lowest BCUT2D eigenvalue weighted by molar-refractivity contribution is 0.0696. The van der Waals surface area contributed by atoms with Crippen LogP contribution in [-0.2, 0) is 0 Å². The molecule has 1 aromatic rings. The van der Waals surface area contributed by atoms with Crippen LogP contribution < -0.4 is 5.32 Å². The number of carbonyl (C=O) groups excluding carboxylic acids is 1. The van der Waals surface area contributed by atoms with Crippen molar-refractivity contribution in [3.05, 3.63) is 29.3 Å². The second-order valence-corrected chi connectivity index (χ2v) is 4.91. The Hall–Kier alpha value is -2.08. The quantitative estimate of drug-likeness (QED) is 0.764. The summed E-state index contributed by atoms with van der Waals surface area (Å²) in [6, 6.07) is 4.62. The van der Waals surface area contributed by atoms with Crippen LogP contribution in [0, 0.1) is 6.92 Å². The van der Waals surface area contributed by atoms with Crippen LogP contribution in [0.4, 0.5) is 10.5 Å². The van der Waals surface area contributed by atoms with E-state index >= 15 is 0 Å². The Morgan fingerprint density at radius 1 is 1.40 bits per heavy atom. The molecule has 1 saturated carbocycles. The summed E-state index contributed by atoms with van der Waals surface area (Å²) >= 11 is 0. The van der Waals surface area contributed by atoms with Crippen LogP contribution in [0.25, 0.3) is 0 Å². The lowest BCUT2D eigenvalue weighted by atomic mass is 10.1. The van der Waals surface area contributed by atoms with Crippen molar-refractivity contribution in [3.63, 3.8) is 0 Å². The Bertz CT molecular complexity index is 526. The van der Waals surface area contributed by atoms with E-state index in [9.17, 15) is 9.59 Å². The number of carbonyl (C=O) groups is 2. The minimum absolute atomic E-state index is 0.0686. The number of urea groups is 1. The van der Waals surface area contributed by atoms with Gasteiger partial charge in [-0.25, -0.2) is 9.59 Å². The Balaban J connectivity index is 2.07. The molecular weight excluding hydrogens is 260 g/mol. The summed E-state index contributed by atoms with van der Waals surface area (Å²) in [7, 11) is 0. The predicted octanol–water partition coefficient (Wildman–Crippen LogP) is 1.68. The van der Waals surface area contributed by atoms with Crippen LogP contribution in [0.2, 0.25) is 0 Å². The number of amides is 2. The predicted molar refractivity (Wildman–Crippen MR) is 74.0 cm³/mol. The fraction of sp³-hybridized carbons (Fsp3) is 0.429.